The van der Waals surface area contributed by atoms with E-state index in [1.54, 1.807) is 4.68 Å². The number of rotatable bonds is 8. The van der Waals surface area contributed by atoms with Crippen molar-refractivity contribution in [3.05, 3.63) is 47.5 Å². The lowest BCUT2D eigenvalue weighted by Gasteiger charge is -2.15. The Labute approximate surface area is 164 Å². The number of hydrogen-bond acceptors (Lipinski definition) is 4. The van der Waals surface area contributed by atoms with Gasteiger partial charge in [-0.1, -0.05) is 57.0 Å². The molecule has 0 atom stereocenters. The lowest BCUT2D eigenvalue weighted by atomic mass is 9.97. The first-order valence-electron chi connectivity index (χ1n) is 9.51. The van der Waals surface area contributed by atoms with Crippen molar-refractivity contribution in [2.24, 2.45) is 5.92 Å². The molecule has 0 fully saturated rings. The average Bonchev–Trinajstić information content (AvgIpc) is 3.29. The molecule has 0 aliphatic heterocycles. The molecule has 0 radical (unpaired) electrons. The summed E-state index contributed by atoms with van der Waals surface area (Å²) in [6, 6.07) is 12.0. The lowest BCUT2D eigenvalue weighted by Crippen LogP contribution is -2.24. The molecule has 6 heteroatoms. The Bertz CT molecular complexity index is 879. The summed E-state index contributed by atoms with van der Waals surface area (Å²) in [5.74, 6) is 0.795. The summed E-state index contributed by atoms with van der Waals surface area (Å²) in [5, 5.41) is 10.4. The molecule has 2 heterocycles. The Morgan fingerprint density at radius 2 is 1.89 bits per heavy atom. The molecule has 0 aliphatic carbocycles. The number of carbonyl (C=O) groups is 1. The number of hydrogen-bond donors (Lipinski definition) is 1. The quantitative estimate of drug-likeness (QED) is 0.563. The van der Waals surface area contributed by atoms with Gasteiger partial charge in [-0.15, -0.1) is 11.3 Å². The van der Waals surface area contributed by atoms with Crippen LogP contribution in [0.4, 0.5) is 5.82 Å². The molecular weight excluding hydrogens is 356 g/mol. The fourth-order valence-corrected chi connectivity index (χ4v) is 3.97. The van der Waals surface area contributed by atoms with Crippen molar-refractivity contribution >= 4 is 23.1 Å². The molecule has 0 saturated heterocycles. The van der Waals surface area contributed by atoms with E-state index in [0.29, 0.717) is 5.82 Å². The van der Waals surface area contributed by atoms with Gasteiger partial charge in [-0.05, 0) is 19.8 Å². The van der Waals surface area contributed by atoms with Crippen molar-refractivity contribution in [2.75, 3.05) is 5.32 Å². The summed E-state index contributed by atoms with van der Waals surface area (Å²) in [5.41, 5.74) is 2.83. The van der Waals surface area contributed by atoms with E-state index in [2.05, 4.69) is 24.3 Å². The van der Waals surface area contributed by atoms with Gasteiger partial charge < -0.3 is 5.32 Å². The summed E-state index contributed by atoms with van der Waals surface area (Å²) in [6.45, 7) is 6.16. The summed E-state index contributed by atoms with van der Waals surface area (Å²) >= 11 is 1.52. The molecule has 142 valence electrons. The van der Waals surface area contributed by atoms with Crippen LogP contribution in [-0.4, -0.2) is 20.7 Å². The number of anilines is 1. The Morgan fingerprint density at radius 1 is 1.19 bits per heavy atom. The Kier molecular flexibility index (Phi) is 6.40. The number of nitrogens with one attached hydrogen (secondary N) is 1. The minimum absolute atomic E-state index is 0.0415. The number of carbonyl (C=O) groups excluding carboxylic acids is 1. The maximum atomic E-state index is 12.7. The predicted molar refractivity (Wildman–Crippen MR) is 111 cm³/mol. The molecule has 0 unspecified atom stereocenters. The third-order valence-electron chi connectivity index (χ3n) is 4.47. The van der Waals surface area contributed by atoms with E-state index in [-0.39, 0.29) is 11.8 Å². The highest BCUT2D eigenvalue weighted by Gasteiger charge is 2.20. The van der Waals surface area contributed by atoms with Crippen molar-refractivity contribution in [2.45, 2.75) is 46.5 Å². The van der Waals surface area contributed by atoms with Gasteiger partial charge in [0.2, 0.25) is 11.0 Å². The van der Waals surface area contributed by atoms with Crippen LogP contribution in [0.1, 0.15) is 45.2 Å². The number of nitrogens with zero attached hydrogens (tertiary/aromatic N) is 3. The number of aromatic nitrogens is 3. The van der Waals surface area contributed by atoms with Gasteiger partial charge in [-0.2, -0.15) is 9.78 Å². The van der Waals surface area contributed by atoms with Crippen LogP contribution in [0.3, 0.4) is 0 Å². The number of benzene rings is 1. The van der Waals surface area contributed by atoms with Gasteiger partial charge in [0.05, 0.1) is 11.4 Å². The van der Waals surface area contributed by atoms with Crippen LogP contribution in [0.25, 0.3) is 16.4 Å². The van der Waals surface area contributed by atoms with E-state index < -0.39 is 0 Å². The van der Waals surface area contributed by atoms with E-state index in [9.17, 15) is 4.79 Å². The highest BCUT2D eigenvalue weighted by atomic mass is 32.1. The normalized spacial score (nSPS) is 11.1. The average molecular weight is 383 g/mol. The highest BCUT2D eigenvalue weighted by Crippen LogP contribution is 2.27. The van der Waals surface area contributed by atoms with Crippen molar-refractivity contribution in [1.29, 1.82) is 0 Å². The highest BCUT2D eigenvalue weighted by molar-refractivity contribution is 7.12. The predicted octanol–water partition coefficient (Wildman–Crippen LogP) is 5.46. The fourth-order valence-electron chi connectivity index (χ4n) is 3.17. The standard InChI is InChI=1S/C21H26N4OS/c1-4-9-17(10-5-2)20(26)23-19-13-15(3)24-25(19)21-22-18(14-27-21)16-11-7-6-8-12-16/h6-8,11-14,17H,4-5,9-10H2,1-3H3,(H,23,26). The summed E-state index contributed by atoms with van der Waals surface area (Å²) in [4.78, 5) is 17.5. The second-order valence-corrected chi connectivity index (χ2v) is 7.56. The van der Waals surface area contributed by atoms with Crippen LogP contribution in [-0.2, 0) is 4.79 Å². The molecule has 27 heavy (non-hydrogen) atoms. The van der Waals surface area contributed by atoms with E-state index in [1.165, 1.54) is 11.3 Å². The van der Waals surface area contributed by atoms with Gasteiger partial charge in [0, 0.05) is 22.9 Å². The second-order valence-electron chi connectivity index (χ2n) is 6.73. The third kappa shape index (κ3) is 4.63. The van der Waals surface area contributed by atoms with Gasteiger partial charge >= 0.3 is 0 Å². The van der Waals surface area contributed by atoms with Gasteiger partial charge in [-0.3, -0.25) is 4.79 Å². The van der Waals surface area contributed by atoms with Gasteiger partial charge in [0.25, 0.3) is 0 Å². The summed E-state index contributed by atoms with van der Waals surface area (Å²) in [7, 11) is 0. The van der Waals surface area contributed by atoms with Gasteiger partial charge in [0.15, 0.2) is 0 Å². The summed E-state index contributed by atoms with van der Waals surface area (Å²) < 4.78 is 1.74. The third-order valence-corrected chi connectivity index (χ3v) is 5.29. The SMILES string of the molecule is CCCC(CCC)C(=O)Nc1cc(C)nn1-c1nc(-c2ccccc2)cs1. The van der Waals surface area contributed by atoms with Gasteiger partial charge in [-0.25, -0.2) is 4.98 Å². The maximum Gasteiger partial charge on any atom is 0.228 e. The van der Waals surface area contributed by atoms with E-state index in [1.807, 2.05) is 48.7 Å². The number of thiazole rings is 1. The van der Waals surface area contributed by atoms with Crippen molar-refractivity contribution < 1.29 is 4.79 Å². The molecule has 0 bridgehead atoms. The number of amides is 1. The molecule has 0 spiro atoms. The molecular formula is C21H26N4OS. The van der Waals surface area contributed by atoms with Crippen molar-refractivity contribution in [1.82, 2.24) is 14.8 Å². The van der Waals surface area contributed by atoms with Gasteiger partial charge in [0.1, 0.15) is 5.82 Å². The Morgan fingerprint density at radius 3 is 2.56 bits per heavy atom. The Hall–Kier alpha value is -2.47. The van der Waals surface area contributed by atoms with Crippen LogP contribution < -0.4 is 5.32 Å². The van der Waals surface area contributed by atoms with Crippen molar-refractivity contribution in [3.63, 3.8) is 0 Å². The first-order chi connectivity index (χ1) is 13.1. The molecule has 3 aromatic rings. The molecule has 3 rings (SSSR count). The molecule has 0 aliphatic rings. The first kappa shape index (κ1) is 19.3. The minimum atomic E-state index is 0.0415. The van der Waals surface area contributed by atoms with Crippen LogP contribution in [0, 0.1) is 12.8 Å². The zero-order chi connectivity index (χ0) is 19.2. The van der Waals surface area contributed by atoms with Crippen LogP contribution >= 0.6 is 11.3 Å². The summed E-state index contributed by atoms with van der Waals surface area (Å²) in [6.07, 6.45) is 3.82. The van der Waals surface area contributed by atoms with Crippen LogP contribution in [0.15, 0.2) is 41.8 Å². The smallest absolute Gasteiger partial charge is 0.228 e. The fraction of sp³-hybridized carbons (Fsp3) is 0.381. The van der Waals surface area contributed by atoms with Crippen LogP contribution in [0.5, 0.6) is 0 Å². The minimum Gasteiger partial charge on any atom is -0.310 e. The molecule has 2 aromatic heterocycles. The number of aryl methyl sites for hydroxylation is 1. The lowest BCUT2D eigenvalue weighted by molar-refractivity contribution is -0.120. The molecule has 1 aromatic carbocycles. The second kappa shape index (κ2) is 8.95. The monoisotopic (exact) mass is 382 g/mol. The van der Waals surface area contributed by atoms with Crippen molar-refractivity contribution in [3.8, 4) is 16.4 Å². The van der Waals surface area contributed by atoms with Crippen LogP contribution in [0.2, 0.25) is 0 Å². The molecule has 5 nitrogen and oxygen atoms in total. The Balaban J connectivity index is 1.84. The zero-order valence-corrected chi connectivity index (χ0v) is 16.9. The van der Waals surface area contributed by atoms with E-state index in [4.69, 9.17) is 4.98 Å². The van der Waals surface area contributed by atoms with E-state index in [0.717, 1.165) is 47.8 Å². The largest absolute Gasteiger partial charge is 0.310 e. The topological polar surface area (TPSA) is 59.8 Å². The zero-order valence-electron chi connectivity index (χ0n) is 16.1. The first-order valence-corrected chi connectivity index (χ1v) is 10.4. The van der Waals surface area contributed by atoms with E-state index >= 15 is 0 Å². The molecule has 1 N–H and O–H groups in total. The molecule has 1 amide bonds. The maximum absolute atomic E-state index is 12.7. The molecule has 0 saturated carbocycles.